The molecule has 0 spiro atoms. The van der Waals surface area contributed by atoms with Crippen molar-refractivity contribution in [2.24, 2.45) is 0 Å². The summed E-state index contributed by atoms with van der Waals surface area (Å²) in [6.07, 6.45) is 1.55. The van der Waals surface area contributed by atoms with Crippen molar-refractivity contribution in [1.82, 2.24) is 14.8 Å². The second-order valence-electron chi connectivity index (χ2n) is 7.53. The lowest BCUT2D eigenvalue weighted by Crippen LogP contribution is -2.26. The van der Waals surface area contributed by atoms with Gasteiger partial charge in [-0.3, -0.25) is 9.10 Å². The molecule has 8 nitrogen and oxygen atoms in total. The van der Waals surface area contributed by atoms with Gasteiger partial charge in [0.15, 0.2) is 5.82 Å². The molecule has 2 aromatic carbocycles. The molecule has 1 amide bonds. The summed E-state index contributed by atoms with van der Waals surface area (Å²) in [5, 5.41) is 7.17. The van der Waals surface area contributed by atoms with Crippen molar-refractivity contribution in [1.29, 1.82) is 0 Å². The van der Waals surface area contributed by atoms with Crippen molar-refractivity contribution >= 4 is 27.3 Å². The third-order valence-electron chi connectivity index (χ3n) is 5.13. The van der Waals surface area contributed by atoms with Gasteiger partial charge in [0.2, 0.25) is 0 Å². The number of aryl methyl sites for hydroxylation is 2. The maximum absolute atomic E-state index is 12.9. The average Bonchev–Trinajstić information content (AvgIpc) is 3.17. The molecule has 0 aliphatic rings. The summed E-state index contributed by atoms with van der Waals surface area (Å²) < 4.78 is 28.7. The van der Waals surface area contributed by atoms with Crippen LogP contribution in [0.5, 0.6) is 0 Å². The Labute approximate surface area is 192 Å². The van der Waals surface area contributed by atoms with Crippen LogP contribution in [0.15, 0.2) is 83.9 Å². The molecule has 0 radical (unpaired) electrons. The first-order chi connectivity index (χ1) is 15.8. The summed E-state index contributed by atoms with van der Waals surface area (Å²) in [4.78, 5) is 17.1. The highest BCUT2D eigenvalue weighted by molar-refractivity contribution is 7.92. The molecule has 33 heavy (non-hydrogen) atoms. The molecule has 0 aliphatic heterocycles. The van der Waals surface area contributed by atoms with E-state index in [9.17, 15) is 13.2 Å². The summed E-state index contributed by atoms with van der Waals surface area (Å²) in [6, 6.07) is 20.1. The number of pyridine rings is 1. The van der Waals surface area contributed by atoms with Gasteiger partial charge in [-0.2, -0.15) is 5.10 Å². The zero-order valence-corrected chi connectivity index (χ0v) is 19.2. The minimum absolute atomic E-state index is 0.0984. The molecule has 4 aromatic rings. The molecule has 0 fully saturated rings. The van der Waals surface area contributed by atoms with Crippen LogP contribution in [-0.2, 0) is 10.0 Å². The second kappa shape index (κ2) is 8.87. The predicted molar refractivity (Wildman–Crippen MR) is 127 cm³/mol. The third-order valence-corrected chi connectivity index (χ3v) is 6.93. The number of rotatable bonds is 6. The van der Waals surface area contributed by atoms with Gasteiger partial charge >= 0.3 is 0 Å². The minimum atomic E-state index is -3.74. The Kier molecular flexibility index (Phi) is 5.97. The summed E-state index contributed by atoms with van der Waals surface area (Å²) in [5.41, 5.74) is 3.26. The Morgan fingerprint density at radius 1 is 0.970 bits per heavy atom. The van der Waals surface area contributed by atoms with Gasteiger partial charge in [-0.25, -0.2) is 18.1 Å². The smallest absolute Gasteiger partial charge is 0.264 e. The van der Waals surface area contributed by atoms with E-state index in [1.165, 1.54) is 35.6 Å². The first-order valence-electron chi connectivity index (χ1n) is 10.2. The first kappa shape index (κ1) is 22.2. The van der Waals surface area contributed by atoms with Gasteiger partial charge in [-0.15, -0.1) is 0 Å². The number of hydrogen-bond donors (Lipinski definition) is 1. The van der Waals surface area contributed by atoms with E-state index in [1.807, 2.05) is 26.0 Å². The van der Waals surface area contributed by atoms with E-state index in [4.69, 9.17) is 0 Å². The van der Waals surface area contributed by atoms with Gasteiger partial charge in [-0.1, -0.05) is 18.2 Å². The Morgan fingerprint density at radius 3 is 2.24 bits per heavy atom. The Bertz CT molecular complexity index is 1380. The quantitative estimate of drug-likeness (QED) is 0.469. The fraction of sp³-hybridized carbons (Fsp3) is 0.125. The number of hydrogen-bond acceptors (Lipinski definition) is 5. The van der Waals surface area contributed by atoms with E-state index in [-0.39, 0.29) is 10.8 Å². The van der Waals surface area contributed by atoms with Gasteiger partial charge in [0.25, 0.3) is 15.9 Å². The van der Waals surface area contributed by atoms with Crippen LogP contribution in [0, 0.1) is 13.8 Å². The number of carbonyl (C=O) groups is 1. The number of nitrogens with zero attached hydrogens (tertiary/aromatic N) is 4. The van der Waals surface area contributed by atoms with Gasteiger partial charge in [0.05, 0.1) is 28.2 Å². The average molecular weight is 462 g/mol. The summed E-state index contributed by atoms with van der Waals surface area (Å²) in [6.45, 7) is 3.85. The zero-order chi connectivity index (χ0) is 23.6. The lowest BCUT2D eigenvalue weighted by atomic mass is 10.2. The molecule has 0 unspecified atom stereocenters. The van der Waals surface area contributed by atoms with Crippen LogP contribution in [0.4, 0.5) is 11.4 Å². The van der Waals surface area contributed by atoms with E-state index < -0.39 is 10.0 Å². The highest BCUT2D eigenvalue weighted by Gasteiger charge is 2.21. The highest BCUT2D eigenvalue weighted by atomic mass is 32.2. The Morgan fingerprint density at radius 2 is 1.67 bits per heavy atom. The maximum atomic E-state index is 12.9. The second-order valence-corrected chi connectivity index (χ2v) is 9.50. The minimum Gasteiger partial charge on any atom is -0.321 e. The molecule has 2 heterocycles. The lowest BCUT2D eigenvalue weighted by Gasteiger charge is -2.19. The van der Waals surface area contributed by atoms with Gasteiger partial charge in [0.1, 0.15) is 0 Å². The van der Waals surface area contributed by atoms with E-state index in [0.29, 0.717) is 22.8 Å². The molecule has 0 bridgehead atoms. The largest absolute Gasteiger partial charge is 0.321 e. The third kappa shape index (κ3) is 4.63. The highest BCUT2D eigenvalue weighted by Crippen LogP contribution is 2.22. The summed E-state index contributed by atoms with van der Waals surface area (Å²) >= 11 is 0. The molecule has 2 aromatic heterocycles. The fourth-order valence-corrected chi connectivity index (χ4v) is 4.56. The molecular weight excluding hydrogens is 438 g/mol. The van der Waals surface area contributed by atoms with E-state index in [1.54, 1.807) is 47.3 Å². The number of carbonyl (C=O) groups excluding carboxylic acids is 1. The van der Waals surface area contributed by atoms with Crippen molar-refractivity contribution in [3.63, 3.8) is 0 Å². The molecular formula is C24H23N5O3S. The van der Waals surface area contributed by atoms with Crippen molar-refractivity contribution in [3.05, 3.63) is 95.9 Å². The number of amides is 1. The molecule has 1 N–H and O–H groups in total. The van der Waals surface area contributed by atoms with E-state index in [2.05, 4.69) is 15.4 Å². The van der Waals surface area contributed by atoms with Crippen molar-refractivity contribution in [2.45, 2.75) is 18.7 Å². The van der Waals surface area contributed by atoms with Crippen LogP contribution in [0.2, 0.25) is 0 Å². The summed E-state index contributed by atoms with van der Waals surface area (Å²) in [5.74, 6) is 0.284. The van der Waals surface area contributed by atoms with Crippen molar-refractivity contribution < 1.29 is 13.2 Å². The lowest BCUT2D eigenvalue weighted by molar-refractivity contribution is 0.102. The van der Waals surface area contributed by atoms with Crippen LogP contribution >= 0.6 is 0 Å². The zero-order valence-electron chi connectivity index (χ0n) is 18.4. The molecule has 0 saturated heterocycles. The molecule has 0 atom stereocenters. The number of para-hydroxylation sites is 1. The molecule has 0 aliphatic carbocycles. The van der Waals surface area contributed by atoms with Crippen LogP contribution in [0.1, 0.15) is 21.7 Å². The SMILES string of the molecule is Cc1cc(C)n(-c2ccc(NC(=O)c3ccc(S(=O)(=O)N(C)c4ccccc4)cc3)cn2)n1. The number of anilines is 2. The molecule has 9 heteroatoms. The standard InChI is InChI=1S/C24H23N5O3S/c1-17-15-18(2)29(27-17)23-14-11-20(16-25-23)26-24(30)19-9-12-22(13-10-19)33(31,32)28(3)21-7-5-4-6-8-21/h4-16H,1-3H3,(H,26,30). The van der Waals surface area contributed by atoms with E-state index >= 15 is 0 Å². The van der Waals surface area contributed by atoms with Crippen LogP contribution in [0.3, 0.4) is 0 Å². The maximum Gasteiger partial charge on any atom is 0.264 e. The Balaban J connectivity index is 1.47. The Hall–Kier alpha value is -3.98. The molecule has 168 valence electrons. The van der Waals surface area contributed by atoms with Gasteiger partial charge in [-0.05, 0) is 68.4 Å². The van der Waals surface area contributed by atoms with Gasteiger partial charge in [0, 0.05) is 18.3 Å². The van der Waals surface area contributed by atoms with E-state index in [0.717, 1.165) is 11.4 Å². The number of sulfonamides is 1. The first-order valence-corrected chi connectivity index (χ1v) is 11.6. The van der Waals surface area contributed by atoms with Gasteiger partial charge < -0.3 is 5.32 Å². The van der Waals surface area contributed by atoms with Crippen molar-refractivity contribution in [2.75, 3.05) is 16.7 Å². The summed E-state index contributed by atoms with van der Waals surface area (Å²) in [7, 11) is -2.25. The number of benzene rings is 2. The van der Waals surface area contributed by atoms with Crippen molar-refractivity contribution in [3.8, 4) is 5.82 Å². The van der Waals surface area contributed by atoms with Crippen LogP contribution in [0.25, 0.3) is 5.82 Å². The van der Waals surface area contributed by atoms with Crippen LogP contribution in [-0.4, -0.2) is 36.1 Å². The van der Waals surface area contributed by atoms with Crippen LogP contribution < -0.4 is 9.62 Å². The number of aromatic nitrogens is 3. The monoisotopic (exact) mass is 461 g/mol. The topological polar surface area (TPSA) is 97.2 Å². The number of nitrogens with one attached hydrogen (secondary N) is 1. The molecule has 0 saturated carbocycles. The predicted octanol–water partition coefficient (Wildman–Crippen LogP) is 3.96. The normalized spacial score (nSPS) is 11.2. The molecule has 4 rings (SSSR count). The fourth-order valence-electron chi connectivity index (χ4n) is 3.36.